The summed E-state index contributed by atoms with van der Waals surface area (Å²) in [7, 11) is 0. The molecule has 2 aliphatic heterocycles. The van der Waals surface area contributed by atoms with Crippen LogP contribution in [0.4, 0.5) is 0 Å². The second-order valence-corrected chi connectivity index (χ2v) is 8.20. The zero-order valence-corrected chi connectivity index (χ0v) is 17.0. The van der Waals surface area contributed by atoms with E-state index >= 15 is 0 Å². The van der Waals surface area contributed by atoms with E-state index in [1.807, 2.05) is 36.4 Å². The van der Waals surface area contributed by atoms with Gasteiger partial charge in [-0.3, -0.25) is 0 Å². The fourth-order valence-corrected chi connectivity index (χ4v) is 4.55. The highest BCUT2D eigenvalue weighted by Gasteiger charge is 2.40. The summed E-state index contributed by atoms with van der Waals surface area (Å²) in [5.74, 6) is 0.925. The molecule has 4 aromatic rings. The number of hydrazone groups is 1. The Morgan fingerprint density at radius 3 is 2.47 bits per heavy atom. The predicted octanol–water partition coefficient (Wildman–Crippen LogP) is 6.74. The molecule has 0 aromatic heterocycles. The smallest absolute Gasteiger partial charge is 0.213 e. The molecule has 3 nitrogen and oxygen atoms in total. The summed E-state index contributed by atoms with van der Waals surface area (Å²) in [4.78, 5) is 0. The molecule has 0 fully saturated rings. The predicted molar refractivity (Wildman–Crippen MR) is 121 cm³/mol. The fourth-order valence-electron chi connectivity index (χ4n) is 4.42. The maximum atomic E-state index is 6.40. The minimum absolute atomic E-state index is 0.150. The zero-order chi connectivity index (χ0) is 20.1. The van der Waals surface area contributed by atoms with E-state index in [0.29, 0.717) is 5.02 Å². The van der Waals surface area contributed by atoms with Crippen molar-refractivity contribution in [2.75, 3.05) is 0 Å². The Morgan fingerprint density at radius 1 is 0.833 bits per heavy atom. The van der Waals surface area contributed by atoms with E-state index in [1.54, 1.807) is 0 Å². The summed E-state index contributed by atoms with van der Waals surface area (Å²) in [6.07, 6.45) is 0.572. The SMILES string of the molecule is Clc1ccc([C@@H]2Oc3ccccc3[C@H]3CC(c4ccc5ccccc5c4)=NN32)cc1. The molecule has 0 aliphatic carbocycles. The molecule has 0 saturated heterocycles. The normalized spacial score (nSPS) is 19.8. The van der Waals surface area contributed by atoms with Crippen LogP contribution in [-0.4, -0.2) is 10.7 Å². The maximum absolute atomic E-state index is 6.40. The summed E-state index contributed by atoms with van der Waals surface area (Å²) in [6.45, 7) is 0. The Bertz CT molecular complexity index is 1280. The van der Waals surface area contributed by atoms with E-state index in [-0.39, 0.29) is 12.3 Å². The lowest BCUT2D eigenvalue weighted by Gasteiger charge is -2.38. The number of hydrogen-bond donors (Lipinski definition) is 0. The van der Waals surface area contributed by atoms with E-state index in [0.717, 1.165) is 29.0 Å². The molecule has 2 aliphatic rings. The van der Waals surface area contributed by atoms with Crippen LogP contribution in [0.15, 0.2) is 96.1 Å². The summed E-state index contributed by atoms with van der Waals surface area (Å²) < 4.78 is 6.40. The molecule has 0 amide bonds. The van der Waals surface area contributed by atoms with Gasteiger partial charge in [0.15, 0.2) is 0 Å². The minimum Gasteiger partial charge on any atom is -0.464 e. The quantitative estimate of drug-likeness (QED) is 0.365. The lowest BCUT2D eigenvalue weighted by Crippen LogP contribution is -2.33. The van der Waals surface area contributed by atoms with Gasteiger partial charge in [-0.15, -0.1) is 0 Å². The Morgan fingerprint density at radius 2 is 1.60 bits per heavy atom. The highest BCUT2D eigenvalue weighted by Crippen LogP contribution is 2.47. The third kappa shape index (κ3) is 2.86. The Balaban J connectivity index is 1.44. The van der Waals surface area contributed by atoms with Gasteiger partial charge in [0, 0.05) is 22.6 Å². The van der Waals surface area contributed by atoms with Crippen molar-refractivity contribution in [3.63, 3.8) is 0 Å². The van der Waals surface area contributed by atoms with Crippen molar-refractivity contribution in [3.05, 3.63) is 113 Å². The van der Waals surface area contributed by atoms with Gasteiger partial charge in [-0.2, -0.15) is 5.10 Å². The second-order valence-electron chi connectivity index (χ2n) is 7.77. The third-order valence-corrected chi connectivity index (χ3v) is 6.19. The van der Waals surface area contributed by atoms with Crippen molar-refractivity contribution in [1.82, 2.24) is 5.01 Å². The van der Waals surface area contributed by atoms with Gasteiger partial charge in [0.05, 0.1) is 11.8 Å². The number of para-hydroxylation sites is 1. The lowest BCUT2D eigenvalue weighted by atomic mass is 9.95. The molecule has 0 saturated carbocycles. The Labute approximate surface area is 180 Å². The molecule has 0 radical (unpaired) electrons. The topological polar surface area (TPSA) is 24.8 Å². The highest BCUT2D eigenvalue weighted by molar-refractivity contribution is 6.30. The van der Waals surface area contributed by atoms with Gasteiger partial charge in [-0.25, -0.2) is 5.01 Å². The monoisotopic (exact) mass is 410 g/mol. The van der Waals surface area contributed by atoms with Gasteiger partial charge in [-0.05, 0) is 40.6 Å². The first-order valence-corrected chi connectivity index (χ1v) is 10.5. The highest BCUT2D eigenvalue weighted by atomic mass is 35.5. The third-order valence-electron chi connectivity index (χ3n) is 5.94. The number of fused-ring (bicyclic) bond motifs is 4. The van der Waals surface area contributed by atoms with Crippen LogP contribution in [0.1, 0.15) is 35.4 Å². The number of halogens is 1. The Kier molecular flexibility index (Phi) is 4.03. The van der Waals surface area contributed by atoms with Crippen molar-refractivity contribution in [2.45, 2.75) is 18.7 Å². The first-order chi connectivity index (χ1) is 14.8. The molecule has 0 spiro atoms. The van der Waals surface area contributed by atoms with Crippen molar-refractivity contribution in [3.8, 4) is 5.75 Å². The zero-order valence-electron chi connectivity index (χ0n) is 16.2. The molecule has 146 valence electrons. The van der Waals surface area contributed by atoms with Crippen LogP contribution in [0.25, 0.3) is 10.8 Å². The van der Waals surface area contributed by atoms with Crippen LogP contribution in [-0.2, 0) is 0 Å². The largest absolute Gasteiger partial charge is 0.464 e. The molecule has 30 heavy (non-hydrogen) atoms. The number of benzene rings is 4. The molecule has 2 heterocycles. The van der Waals surface area contributed by atoms with Gasteiger partial charge in [0.2, 0.25) is 6.23 Å². The fraction of sp³-hybridized carbons (Fsp3) is 0.115. The van der Waals surface area contributed by atoms with Crippen LogP contribution in [0, 0.1) is 0 Å². The molecular formula is C26H19ClN2O. The summed E-state index contributed by atoms with van der Waals surface area (Å²) in [5.41, 5.74) is 4.48. The van der Waals surface area contributed by atoms with E-state index < -0.39 is 0 Å². The van der Waals surface area contributed by atoms with Gasteiger partial charge in [0.25, 0.3) is 0 Å². The van der Waals surface area contributed by atoms with Crippen LogP contribution < -0.4 is 4.74 Å². The van der Waals surface area contributed by atoms with E-state index in [2.05, 4.69) is 59.6 Å². The first kappa shape index (κ1) is 17.5. The van der Waals surface area contributed by atoms with Crippen LogP contribution in [0.2, 0.25) is 5.02 Å². The number of nitrogens with zero attached hydrogens (tertiary/aromatic N) is 2. The van der Waals surface area contributed by atoms with E-state index in [4.69, 9.17) is 21.4 Å². The van der Waals surface area contributed by atoms with E-state index in [1.165, 1.54) is 16.3 Å². The van der Waals surface area contributed by atoms with Gasteiger partial charge >= 0.3 is 0 Å². The van der Waals surface area contributed by atoms with Crippen molar-refractivity contribution in [1.29, 1.82) is 0 Å². The van der Waals surface area contributed by atoms with Crippen molar-refractivity contribution < 1.29 is 4.74 Å². The molecular weight excluding hydrogens is 392 g/mol. The standard InChI is InChI=1S/C26H19ClN2O/c27-21-13-11-18(12-14-21)26-29-24(22-7-3-4-8-25(22)30-26)16-23(28-29)20-10-9-17-5-1-2-6-19(17)15-20/h1-15,24,26H,16H2/t24-,26+/m1/s1. The Hall–Kier alpha value is -3.30. The number of rotatable bonds is 2. The molecule has 6 rings (SSSR count). The summed E-state index contributed by atoms with van der Waals surface area (Å²) in [5, 5.41) is 10.4. The van der Waals surface area contributed by atoms with Crippen LogP contribution in [0.3, 0.4) is 0 Å². The number of hydrogen-bond acceptors (Lipinski definition) is 3. The molecule has 2 atom stereocenters. The second kappa shape index (κ2) is 6.89. The van der Waals surface area contributed by atoms with Gasteiger partial charge in [-0.1, -0.05) is 78.3 Å². The van der Waals surface area contributed by atoms with Gasteiger partial charge in [0.1, 0.15) is 5.75 Å². The minimum atomic E-state index is -0.278. The molecule has 0 N–H and O–H groups in total. The molecule has 0 bridgehead atoms. The van der Waals surface area contributed by atoms with Gasteiger partial charge < -0.3 is 4.74 Å². The number of ether oxygens (including phenoxy) is 1. The summed E-state index contributed by atoms with van der Waals surface area (Å²) in [6, 6.07) is 31.3. The average Bonchev–Trinajstić information content (AvgIpc) is 3.25. The average molecular weight is 411 g/mol. The first-order valence-electron chi connectivity index (χ1n) is 10.1. The van der Waals surface area contributed by atoms with Crippen LogP contribution >= 0.6 is 11.6 Å². The van der Waals surface area contributed by atoms with E-state index in [9.17, 15) is 0 Å². The maximum Gasteiger partial charge on any atom is 0.213 e. The molecule has 0 unspecified atom stereocenters. The van der Waals surface area contributed by atoms with Crippen molar-refractivity contribution in [2.24, 2.45) is 5.10 Å². The molecule has 4 aromatic carbocycles. The molecule has 4 heteroatoms. The van der Waals surface area contributed by atoms with Crippen LogP contribution in [0.5, 0.6) is 5.75 Å². The van der Waals surface area contributed by atoms with Crippen molar-refractivity contribution >= 4 is 28.1 Å². The lowest BCUT2D eigenvalue weighted by molar-refractivity contribution is -0.0190. The summed E-state index contributed by atoms with van der Waals surface area (Å²) >= 11 is 6.11.